The van der Waals surface area contributed by atoms with Crippen LogP contribution in [0.3, 0.4) is 0 Å². The fraction of sp³-hybridized carbons (Fsp3) is 1.00. The molecule has 2 aliphatic rings. The van der Waals surface area contributed by atoms with Crippen molar-refractivity contribution in [3.05, 3.63) is 0 Å². The third-order valence-electron chi connectivity index (χ3n) is 3.81. The lowest BCUT2D eigenvalue weighted by atomic mass is 9.98. The van der Waals surface area contributed by atoms with Crippen LogP contribution in [0.15, 0.2) is 0 Å². The van der Waals surface area contributed by atoms with Gasteiger partial charge in [0.2, 0.25) is 0 Å². The van der Waals surface area contributed by atoms with E-state index in [-0.39, 0.29) is 6.10 Å². The molecule has 14 heavy (non-hydrogen) atoms. The Balaban J connectivity index is 1.99. The average molecular weight is 198 g/mol. The van der Waals surface area contributed by atoms with Crippen molar-refractivity contribution >= 4 is 0 Å². The van der Waals surface area contributed by atoms with Crippen LogP contribution < -0.4 is 5.73 Å². The highest BCUT2D eigenvalue weighted by molar-refractivity contribution is 4.90. The largest absolute Gasteiger partial charge is 0.391 e. The number of nitrogens with two attached hydrogens (primary N) is 1. The molecule has 3 N–H and O–H groups in total. The number of hydrogen-bond acceptors (Lipinski definition) is 3. The average Bonchev–Trinajstić information content (AvgIpc) is 2.64. The third kappa shape index (κ3) is 1.95. The second-order valence-corrected chi connectivity index (χ2v) is 4.69. The highest BCUT2D eigenvalue weighted by Crippen LogP contribution is 2.29. The first-order valence-electron chi connectivity index (χ1n) is 5.97. The van der Waals surface area contributed by atoms with E-state index in [1.807, 2.05) is 0 Å². The number of likely N-dealkylation sites (tertiary alicyclic amines) is 1. The fourth-order valence-electron chi connectivity index (χ4n) is 3.02. The van der Waals surface area contributed by atoms with Crippen molar-refractivity contribution in [2.24, 2.45) is 5.73 Å². The fourth-order valence-corrected chi connectivity index (χ4v) is 3.02. The first-order chi connectivity index (χ1) is 6.83. The van der Waals surface area contributed by atoms with Gasteiger partial charge in [0.25, 0.3) is 0 Å². The Morgan fingerprint density at radius 3 is 2.64 bits per heavy atom. The summed E-state index contributed by atoms with van der Waals surface area (Å²) in [6.45, 7) is 1.90. The molecule has 0 spiro atoms. The minimum atomic E-state index is -0.0952. The van der Waals surface area contributed by atoms with Crippen LogP contribution in [0.4, 0.5) is 0 Å². The number of rotatable bonds is 2. The number of nitrogens with zero attached hydrogens (tertiary/aromatic N) is 1. The third-order valence-corrected chi connectivity index (χ3v) is 3.81. The van der Waals surface area contributed by atoms with E-state index in [1.54, 1.807) is 0 Å². The maximum Gasteiger partial charge on any atom is 0.0695 e. The summed E-state index contributed by atoms with van der Waals surface area (Å²) in [5.74, 6) is 0. The summed E-state index contributed by atoms with van der Waals surface area (Å²) in [5.41, 5.74) is 5.78. The smallest absolute Gasteiger partial charge is 0.0695 e. The molecule has 3 unspecified atom stereocenters. The minimum Gasteiger partial charge on any atom is -0.391 e. The topological polar surface area (TPSA) is 49.5 Å². The van der Waals surface area contributed by atoms with Crippen LogP contribution in [0.25, 0.3) is 0 Å². The van der Waals surface area contributed by atoms with Crippen LogP contribution in [-0.2, 0) is 0 Å². The zero-order chi connectivity index (χ0) is 9.97. The lowest BCUT2D eigenvalue weighted by Gasteiger charge is -2.40. The molecule has 82 valence electrons. The van der Waals surface area contributed by atoms with Crippen LogP contribution in [0, 0.1) is 0 Å². The van der Waals surface area contributed by atoms with Gasteiger partial charge in [-0.15, -0.1) is 0 Å². The molecule has 3 heteroatoms. The standard InChI is InChI=1S/C11H22N2O/c12-8-9-4-1-2-7-13(9)10-5-3-6-11(10)14/h9-11,14H,1-8,12H2. The normalized spacial score (nSPS) is 40.3. The molecule has 1 aliphatic heterocycles. The lowest BCUT2D eigenvalue weighted by Crippen LogP contribution is -2.52. The second kappa shape index (κ2) is 4.60. The Hall–Kier alpha value is -0.120. The first-order valence-corrected chi connectivity index (χ1v) is 5.97. The summed E-state index contributed by atoms with van der Waals surface area (Å²) < 4.78 is 0. The second-order valence-electron chi connectivity index (χ2n) is 4.69. The Morgan fingerprint density at radius 1 is 1.14 bits per heavy atom. The van der Waals surface area contributed by atoms with Crippen molar-refractivity contribution < 1.29 is 5.11 Å². The van der Waals surface area contributed by atoms with E-state index in [2.05, 4.69) is 4.90 Å². The van der Waals surface area contributed by atoms with Gasteiger partial charge < -0.3 is 10.8 Å². The van der Waals surface area contributed by atoms with Crippen molar-refractivity contribution in [3.8, 4) is 0 Å². The van der Waals surface area contributed by atoms with Crippen molar-refractivity contribution in [1.82, 2.24) is 4.90 Å². The summed E-state index contributed by atoms with van der Waals surface area (Å²) >= 11 is 0. The zero-order valence-corrected chi connectivity index (χ0v) is 8.86. The molecule has 0 aromatic rings. The SMILES string of the molecule is NCC1CCCCN1C1CCCC1O. The molecule has 2 rings (SSSR count). The highest BCUT2D eigenvalue weighted by Gasteiger charge is 2.35. The number of aliphatic hydroxyl groups is 1. The van der Waals surface area contributed by atoms with Gasteiger partial charge in [0, 0.05) is 18.6 Å². The van der Waals surface area contributed by atoms with E-state index in [1.165, 1.54) is 25.7 Å². The van der Waals surface area contributed by atoms with E-state index in [0.717, 1.165) is 25.9 Å². The van der Waals surface area contributed by atoms with Crippen molar-refractivity contribution in [3.63, 3.8) is 0 Å². The predicted octanol–water partition coefficient (Wildman–Crippen LogP) is 0.713. The molecule has 0 amide bonds. The van der Waals surface area contributed by atoms with E-state index in [0.29, 0.717) is 12.1 Å². The maximum absolute atomic E-state index is 9.87. The molecule has 2 fully saturated rings. The van der Waals surface area contributed by atoms with E-state index >= 15 is 0 Å². The Kier molecular flexibility index (Phi) is 3.42. The number of aliphatic hydroxyl groups excluding tert-OH is 1. The molecule has 0 aromatic carbocycles. The molecule has 3 atom stereocenters. The molecule has 3 nitrogen and oxygen atoms in total. The number of piperidine rings is 1. The molecule has 0 aromatic heterocycles. The van der Waals surface area contributed by atoms with Crippen molar-refractivity contribution in [2.45, 2.75) is 56.7 Å². The van der Waals surface area contributed by atoms with Crippen molar-refractivity contribution in [1.29, 1.82) is 0 Å². The molecular weight excluding hydrogens is 176 g/mol. The summed E-state index contributed by atoms with van der Waals surface area (Å²) in [6.07, 6.45) is 7.04. The number of hydrogen-bond donors (Lipinski definition) is 2. The summed E-state index contributed by atoms with van der Waals surface area (Å²) in [4.78, 5) is 2.47. The van der Waals surface area contributed by atoms with Crippen LogP contribution in [0.1, 0.15) is 38.5 Å². The molecular formula is C11H22N2O. The Bertz CT molecular complexity index is 186. The van der Waals surface area contributed by atoms with Crippen molar-refractivity contribution in [2.75, 3.05) is 13.1 Å². The van der Waals surface area contributed by atoms with Gasteiger partial charge in [-0.1, -0.05) is 6.42 Å². The monoisotopic (exact) mass is 198 g/mol. The minimum absolute atomic E-state index is 0.0952. The Labute approximate surface area is 86.3 Å². The molecule has 1 saturated carbocycles. The first kappa shape index (κ1) is 10.4. The molecule has 0 bridgehead atoms. The van der Waals surface area contributed by atoms with Crippen LogP contribution in [0.5, 0.6) is 0 Å². The van der Waals surface area contributed by atoms with E-state index in [9.17, 15) is 5.11 Å². The van der Waals surface area contributed by atoms with Gasteiger partial charge in [0.15, 0.2) is 0 Å². The van der Waals surface area contributed by atoms with Gasteiger partial charge in [0.05, 0.1) is 6.10 Å². The highest BCUT2D eigenvalue weighted by atomic mass is 16.3. The van der Waals surface area contributed by atoms with E-state index in [4.69, 9.17) is 5.73 Å². The van der Waals surface area contributed by atoms with Crippen LogP contribution >= 0.6 is 0 Å². The van der Waals surface area contributed by atoms with Gasteiger partial charge in [0.1, 0.15) is 0 Å². The maximum atomic E-state index is 9.87. The summed E-state index contributed by atoms with van der Waals surface area (Å²) in [5, 5.41) is 9.87. The molecule has 1 saturated heterocycles. The van der Waals surface area contributed by atoms with Crippen LogP contribution in [0.2, 0.25) is 0 Å². The molecule has 0 radical (unpaired) electrons. The predicted molar refractivity (Wildman–Crippen MR) is 57.0 cm³/mol. The summed E-state index contributed by atoms with van der Waals surface area (Å²) in [7, 11) is 0. The van der Waals surface area contributed by atoms with E-state index < -0.39 is 0 Å². The lowest BCUT2D eigenvalue weighted by molar-refractivity contribution is 0.0277. The van der Waals surface area contributed by atoms with Gasteiger partial charge in [-0.3, -0.25) is 4.90 Å². The molecule has 1 aliphatic carbocycles. The zero-order valence-electron chi connectivity index (χ0n) is 8.86. The Morgan fingerprint density at radius 2 is 2.00 bits per heavy atom. The van der Waals surface area contributed by atoms with Gasteiger partial charge in [-0.05, 0) is 38.6 Å². The van der Waals surface area contributed by atoms with Gasteiger partial charge >= 0.3 is 0 Å². The molecule has 1 heterocycles. The quantitative estimate of drug-likeness (QED) is 0.687. The van der Waals surface area contributed by atoms with Gasteiger partial charge in [-0.2, -0.15) is 0 Å². The van der Waals surface area contributed by atoms with Gasteiger partial charge in [-0.25, -0.2) is 0 Å². The van der Waals surface area contributed by atoms with Crippen LogP contribution in [-0.4, -0.2) is 41.3 Å². The summed E-state index contributed by atoms with van der Waals surface area (Å²) in [6, 6.07) is 0.936.